The highest BCUT2D eigenvalue weighted by atomic mass is 15.2. The summed E-state index contributed by atoms with van der Waals surface area (Å²) in [6, 6.07) is 8.88. The highest BCUT2D eigenvalue weighted by Crippen LogP contribution is 2.35. The number of nitrogens with two attached hydrogens (primary N) is 1. The highest BCUT2D eigenvalue weighted by Gasteiger charge is 2.23. The predicted octanol–water partition coefficient (Wildman–Crippen LogP) is 3.59. The van der Waals surface area contributed by atoms with E-state index in [9.17, 15) is 0 Å². The molecule has 100 valence electrons. The fraction of sp³-hybridized carbons (Fsp3) is 0.438. The first-order valence-corrected chi connectivity index (χ1v) is 7.21. The molecule has 1 heterocycles. The van der Waals surface area contributed by atoms with Gasteiger partial charge in [0.05, 0.1) is 16.9 Å². The number of aromatic nitrogens is 1. The Hall–Kier alpha value is -1.77. The monoisotopic (exact) mass is 255 g/mol. The SMILES string of the molecule is CCN(c1ccc2ncccc2c1N)C1CCCC1. The summed E-state index contributed by atoms with van der Waals surface area (Å²) in [4.78, 5) is 6.83. The molecule has 1 aromatic heterocycles. The lowest BCUT2D eigenvalue weighted by Crippen LogP contribution is -2.33. The van der Waals surface area contributed by atoms with Gasteiger partial charge in [-0.2, -0.15) is 0 Å². The Bertz CT molecular complexity index is 573. The molecule has 0 saturated heterocycles. The molecule has 3 heteroatoms. The van der Waals surface area contributed by atoms with Crippen LogP contribution in [0, 0.1) is 0 Å². The van der Waals surface area contributed by atoms with E-state index >= 15 is 0 Å². The fourth-order valence-corrected chi connectivity index (χ4v) is 3.26. The van der Waals surface area contributed by atoms with Crippen molar-refractivity contribution in [2.24, 2.45) is 0 Å². The van der Waals surface area contributed by atoms with Gasteiger partial charge in [-0.1, -0.05) is 12.8 Å². The Labute approximate surface area is 114 Å². The highest BCUT2D eigenvalue weighted by molar-refractivity contribution is 5.97. The lowest BCUT2D eigenvalue weighted by atomic mass is 10.1. The number of anilines is 2. The van der Waals surface area contributed by atoms with E-state index in [4.69, 9.17) is 5.73 Å². The van der Waals surface area contributed by atoms with Crippen molar-refractivity contribution in [3.63, 3.8) is 0 Å². The van der Waals surface area contributed by atoms with Gasteiger partial charge in [0.2, 0.25) is 0 Å². The van der Waals surface area contributed by atoms with Crippen LogP contribution in [0.2, 0.25) is 0 Å². The summed E-state index contributed by atoms with van der Waals surface area (Å²) >= 11 is 0. The summed E-state index contributed by atoms with van der Waals surface area (Å²) in [6.07, 6.45) is 7.08. The Balaban J connectivity index is 2.05. The molecule has 1 aromatic carbocycles. The molecule has 0 unspecified atom stereocenters. The van der Waals surface area contributed by atoms with Gasteiger partial charge in [-0.15, -0.1) is 0 Å². The van der Waals surface area contributed by atoms with Crippen LogP contribution in [0.3, 0.4) is 0 Å². The maximum absolute atomic E-state index is 6.38. The van der Waals surface area contributed by atoms with Crippen LogP contribution in [-0.2, 0) is 0 Å². The van der Waals surface area contributed by atoms with Crippen LogP contribution in [-0.4, -0.2) is 17.6 Å². The molecule has 0 bridgehead atoms. The van der Waals surface area contributed by atoms with Crippen LogP contribution in [0.4, 0.5) is 11.4 Å². The van der Waals surface area contributed by atoms with E-state index in [1.807, 2.05) is 12.3 Å². The average Bonchev–Trinajstić information content (AvgIpc) is 2.96. The summed E-state index contributed by atoms with van der Waals surface area (Å²) in [7, 11) is 0. The predicted molar refractivity (Wildman–Crippen MR) is 81.4 cm³/mol. The summed E-state index contributed by atoms with van der Waals surface area (Å²) < 4.78 is 0. The molecule has 1 aliphatic carbocycles. The Morgan fingerprint density at radius 1 is 1.26 bits per heavy atom. The van der Waals surface area contributed by atoms with E-state index in [0.29, 0.717) is 6.04 Å². The zero-order valence-electron chi connectivity index (χ0n) is 11.5. The first kappa shape index (κ1) is 12.3. The number of pyridine rings is 1. The lowest BCUT2D eigenvalue weighted by Gasteiger charge is -2.31. The zero-order chi connectivity index (χ0) is 13.2. The molecule has 0 amide bonds. The molecule has 1 fully saturated rings. The van der Waals surface area contributed by atoms with Gasteiger partial charge in [-0.05, 0) is 44.0 Å². The minimum Gasteiger partial charge on any atom is -0.396 e. The molecule has 0 radical (unpaired) electrons. The van der Waals surface area contributed by atoms with Crippen LogP contribution in [0.1, 0.15) is 32.6 Å². The van der Waals surface area contributed by atoms with Gasteiger partial charge in [0, 0.05) is 24.2 Å². The third kappa shape index (κ3) is 2.14. The van der Waals surface area contributed by atoms with Gasteiger partial charge in [-0.25, -0.2) is 0 Å². The van der Waals surface area contributed by atoms with E-state index < -0.39 is 0 Å². The van der Waals surface area contributed by atoms with Crippen molar-refractivity contribution in [1.29, 1.82) is 0 Å². The van der Waals surface area contributed by atoms with Gasteiger partial charge in [0.1, 0.15) is 0 Å². The molecule has 0 aliphatic heterocycles. The molecular formula is C16H21N3. The van der Waals surface area contributed by atoms with Gasteiger partial charge in [0.15, 0.2) is 0 Å². The van der Waals surface area contributed by atoms with Crippen molar-refractivity contribution in [2.75, 3.05) is 17.2 Å². The number of benzene rings is 1. The number of hydrogen-bond donors (Lipinski definition) is 1. The summed E-state index contributed by atoms with van der Waals surface area (Å²) in [5, 5.41) is 1.07. The van der Waals surface area contributed by atoms with Crippen molar-refractivity contribution in [3.05, 3.63) is 30.5 Å². The second-order valence-corrected chi connectivity index (χ2v) is 5.29. The number of nitrogen functional groups attached to an aromatic ring is 1. The van der Waals surface area contributed by atoms with Crippen molar-refractivity contribution < 1.29 is 0 Å². The number of rotatable bonds is 3. The Kier molecular flexibility index (Phi) is 3.28. The minimum atomic E-state index is 0.654. The van der Waals surface area contributed by atoms with Crippen LogP contribution in [0.15, 0.2) is 30.5 Å². The summed E-state index contributed by atoms with van der Waals surface area (Å²) in [5.74, 6) is 0. The average molecular weight is 255 g/mol. The van der Waals surface area contributed by atoms with Crippen molar-refractivity contribution in [3.8, 4) is 0 Å². The summed E-state index contributed by atoms with van der Waals surface area (Å²) in [6.45, 7) is 3.23. The van der Waals surface area contributed by atoms with Crippen molar-refractivity contribution >= 4 is 22.3 Å². The maximum Gasteiger partial charge on any atom is 0.0724 e. The molecule has 2 N–H and O–H groups in total. The molecule has 1 saturated carbocycles. The normalized spacial score (nSPS) is 16.1. The lowest BCUT2D eigenvalue weighted by molar-refractivity contribution is 0.621. The van der Waals surface area contributed by atoms with Crippen molar-refractivity contribution in [2.45, 2.75) is 38.6 Å². The summed E-state index contributed by atoms with van der Waals surface area (Å²) in [5.41, 5.74) is 9.41. The molecule has 0 spiro atoms. The quantitative estimate of drug-likeness (QED) is 0.852. The van der Waals surface area contributed by atoms with E-state index in [1.54, 1.807) is 0 Å². The Morgan fingerprint density at radius 2 is 2.05 bits per heavy atom. The Morgan fingerprint density at radius 3 is 2.79 bits per heavy atom. The molecule has 0 atom stereocenters. The van der Waals surface area contributed by atoms with Crippen LogP contribution >= 0.6 is 0 Å². The fourth-order valence-electron chi connectivity index (χ4n) is 3.26. The topological polar surface area (TPSA) is 42.2 Å². The van der Waals surface area contributed by atoms with E-state index in [0.717, 1.165) is 23.1 Å². The van der Waals surface area contributed by atoms with E-state index in [2.05, 4.69) is 35.0 Å². The molecule has 1 aliphatic rings. The van der Waals surface area contributed by atoms with Gasteiger partial charge < -0.3 is 10.6 Å². The maximum atomic E-state index is 6.38. The van der Waals surface area contributed by atoms with Gasteiger partial charge in [-0.3, -0.25) is 4.98 Å². The largest absolute Gasteiger partial charge is 0.396 e. The minimum absolute atomic E-state index is 0.654. The second kappa shape index (κ2) is 5.08. The van der Waals surface area contributed by atoms with E-state index in [-0.39, 0.29) is 0 Å². The molecule has 19 heavy (non-hydrogen) atoms. The first-order valence-electron chi connectivity index (χ1n) is 7.21. The third-order valence-electron chi connectivity index (χ3n) is 4.22. The van der Waals surface area contributed by atoms with Crippen LogP contribution < -0.4 is 10.6 Å². The standard InChI is InChI=1S/C16H21N3/c1-2-19(12-6-3-4-7-12)15-10-9-14-13(16(15)17)8-5-11-18-14/h5,8-12H,2-4,6-7,17H2,1H3. The zero-order valence-corrected chi connectivity index (χ0v) is 11.5. The first-order chi connectivity index (χ1) is 9.31. The number of fused-ring (bicyclic) bond motifs is 1. The van der Waals surface area contributed by atoms with Crippen molar-refractivity contribution in [1.82, 2.24) is 4.98 Å². The molecule has 3 rings (SSSR count). The third-order valence-corrected chi connectivity index (χ3v) is 4.22. The van der Waals surface area contributed by atoms with Gasteiger partial charge >= 0.3 is 0 Å². The molecule has 2 aromatic rings. The second-order valence-electron chi connectivity index (χ2n) is 5.29. The number of hydrogen-bond acceptors (Lipinski definition) is 3. The van der Waals surface area contributed by atoms with Crippen LogP contribution in [0.5, 0.6) is 0 Å². The van der Waals surface area contributed by atoms with E-state index in [1.165, 1.54) is 31.4 Å². The smallest absolute Gasteiger partial charge is 0.0724 e. The van der Waals surface area contributed by atoms with Gasteiger partial charge in [0.25, 0.3) is 0 Å². The number of nitrogens with zero attached hydrogens (tertiary/aromatic N) is 2. The van der Waals surface area contributed by atoms with Crippen LogP contribution in [0.25, 0.3) is 10.9 Å². The molecular weight excluding hydrogens is 234 g/mol. The molecule has 3 nitrogen and oxygen atoms in total.